The number of carbonyl (C=O) groups is 1. The first-order valence-electron chi connectivity index (χ1n) is 6.03. The predicted octanol–water partition coefficient (Wildman–Crippen LogP) is 3.23. The van der Waals surface area contributed by atoms with Crippen LogP contribution in [-0.4, -0.2) is 20.1 Å². The van der Waals surface area contributed by atoms with Crippen molar-refractivity contribution >= 4 is 11.6 Å². The molecule has 21 heavy (non-hydrogen) atoms. The molecule has 0 heterocycles. The van der Waals surface area contributed by atoms with E-state index in [0.717, 1.165) is 18.2 Å². The number of carbonyl (C=O) groups excluding carboxylic acids is 1. The van der Waals surface area contributed by atoms with Crippen LogP contribution in [0.5, 0.6) is 11.5 Å². The Labute approximate surface area is 120 Å². The van der Waals surface area contributed by atoms with Crippen LogP contribution in [0.4, 0.5) is 14.5 Å². The Hall–Kier alpha value is -2.63. The van der Waals surface area contributed by atoms with E-state index in [9.17, 15) is 13.6 Å². The van der Waals surface area contributed by atoms with Crippen LogP contribution >= 0.6 is 0 Å². The van der Waals surface area contributed by atoms with Crippen molar-refractivity contribution in [1.82, 2.24) is 0 Å². The van der Waals surface area contributed by atoms with Crippen molar-refractivity contribution in [2.24, 2.45) is 0 Å². The molecule has 0 aromatic heterocycles. The van der Waals surface area contributed by atoms with Gasteiger partial charge in [-0.3, -0.25) is 4.79 Å². The van der Waals surface area contributed by atoms with E-state index in [-0.39, 0.29) is 5.56 Å². The quantitative estimate of drug-likeness (QED) is 0.941. The van der Waals surface area contributed by atoms with Crippen molar-refractivity contribution in [3.8, 4) is 11.5 Å². The number of methoxy groups -OCH3 is 2. The largest absolute Gasteiger partial charge is 0.497 e. The van der Waals surface area contributed by atoms with Gasteiger partial charge in [0, 0.05) is 23.9 Å². The second-order valence-electron chi connectivity index (χ2n) is 4.18. The lowest BCUT2D eigenvalue weighted by atomic mass is 10.2. The van der Waals surface area contributed by atoms with Gasteiger partial charge in [0.25, 0.3) is 5.91 Å². The van der Waals surface area contributed by atoms with Crippen molar-refractivity contribution in [1.29, 1.82) is 0 Å². The maximum atomic E-state index is 13.5. The predicted molar refractivity (Wildman–Crippen MR) is 73.9 cm³/mol. The summed E-state index contributed by atoms with van der Waals surface area (Å²) in [6, 6.07) is 7.38. The molecule has 2 aromatic carbocycles. The third-order valence-corrected chi connectivity index (χ3v) is 2.78. The molecule has 2 aromatic rings. The normalized spacial score (nSPS) is 10.1. The van der Waals surface area contributed by atoms with Crippen molar-refractivity contribution < 1.29 is 23.0 Å². The number of hydrogen-bond acceptors (Lipinski definition) is 3. The van der Waals surface area contributed by atoms with Gasteiger partial charge < -0.3 is 14.8 Å². The number of halogens is 2. The first-order chi connectivity index (χ1) is 10.0. The van der Waals surface area contributed by atoms with Gasteiger partial charge in [-0.15, -0.1) is 0 Å². The summed E-state index contributed by atoms with van der Waals surface area (Å²) in [6.45, 7) is 0. The zero-order valence-electron chi connectivity index (χ0n) is 11.4. The third-order valence-electron chi connectivity index (χ3n) is 2.78. The molecule has 0 saturated carbocycles. The molecule has 0 saturated heterocycles. The zero-order chi connectivity index (χ0) is 15.4. The molecule has 0 aliphatic carbocycles. The SMILES string of the molecule is COc1cc(NC(=O)c2cc(F)ccc2F)cc(OC)c1. The molecule has 0 fully saturated rings. The van der Waals surface area contributed by atoms with E-state index in [1.807, 2.05) is 0 Å². The molecule has 2 rings (SSSR count). The number of benzene rings is 2. The molecule has 1 N–H and O–H groups in total. The highest BCUT2D eigenvalue weighted by atomic mass is 19.1. The Bertz CT molecular complexity index is 652. The molecule has 1 amide bonds. The van der Waals surface area contributed by atoms with E-state index in [0.29, 0.717) is 17.2 Å². The molecular formula is C15H13F2NO3. The fourth-order valence-corrected chi connectivity index (χ4v) is 1.75. The van der Waals surface area contributed by atoms with Crippen LogP contribution in [0.1, 0.15) is 10.4 Å². The van der Waals surface area contributed by atoms with Crippen molar-refractivity contribution in [2.75, 3.05) is 19.5 Å². The van der Waals surface area contributed by atoms with Gasteiger partial charge in [-0.2, -0.15) is 0 Å². The van der Waals surface area contributed by atoms with E-state index in [1.165, 1.54) is 26.4 Å². The van der Waals surface area contributed by atoms with Gasteiger partial charge in [-0.1, -0.05) is 0 Å². The summed E-state index contributed by atoms with van der Waals surface area (Å²) in [5.74, 6) is -1.33. The summed E-state index contributed by atoms with van der Waals surface area (Å²) in [5.41, 5.74) is -0.0309. The Morgan fingerprint density at radius 2 is 1.62 bits per heavy atom. The van der Waals surface area contributed by atoms with Gasteiger partial charge in [-0.25, -0.2) is 8.78 Å². The molecule has 0 bridgehead atoms. The van der Waals surface area contributed by atoms with E-state index in [1.54, 1.807) is 6.07 Å². The van der Waals surface area contributed by atoms with Gasteiger partial charge in [0.1, 0.15) is 23.1 Å². The summed E-state index contributed by atoms with van der Waals surface area (Å²) in [6.07, 6.45) is 0. The minimum Gasteiger partial charge on any atom is -0.497 e. The zero-order valence-corrected chi connectivity index (χ0v) is 11.4. The van der Waals surface area contributed by atoms with Crippen LogP contribution in [0.15, 0.2) is 36.4 Å². The standard InChI is InChI=1S/C15H13F2NO3/c1-20-11-6-10(7-12(8-11)21-2)18-15(19)13-5-9(16)3-4-14(13)17/h3-8H,1-2H3,(H,18,19). The van der Waals surface area contributed by atoms with Crippen molar-refractivity contribution in [3.05, 3.63) is 53.6 Å². The molecule has 0 atom stereocenters. The first-order valence-corrected chi connectivity index (χ1v) is 6.03. The Balaban J connectivity index is 2.28. The summed E-state index contributed by atoms with van der Waals surface area (Å²) in [7, 11) is 2.93. The van der Waals surface area contributed by atoms with Crippen molar-refractivity contribution in [2.45, 2.75) is 0 Å². The van der Waals surface area contributed by atoms with E-state index in [4.69, 9.17) is 9.47 Å². The van der Waals surface area contributed by atoms with Crippen molar-refractivity contribution in [3.63, 3.8) is 0 Å². The number of nitrogens with one attached hydrogen (secondary N) is 1. The van der Waals surface area contributed by atoms with Crippen LogP contribution in [0.25, 0.3) is 0 Å². The average Bonchev–Trinajstić information content (AvgIpc) is 2.49. The second kappa shape index (κ2) is 6.21. The maximum Gasteiger partial charge on any atom is 0.258 e. The molecule has 6 heteroatoms. The maximum absolute atomic E-state index is 13.5. The minimum absolute atomic E-state index is 0.347. The molecule has 0 aliphatic rings. The third kappa shape index (κ3) is 3.47. The number of ether oxygens (including phenoxy) is 2. The monoisotopic (exact) mass is 293 g/mol. The van der Waals surface area contributed by atoms with Gasteiger partial charge in [0.05, 0.1) is 19.8 Å². The van der Waals surface area contributed by atoms with E-state index >= 15 is 0 Å². The molecule has 0 unspecified atom stereocenters. The van der Waals surface area contributed by atoms with Gasteiger partial charge in [0.2, 0.25) is 0 Å². The molecule has 110 valence electrons. The molecule has 0 spiro atoms. The molecular weight excluding hydrogens is 280 g/mol. The minimum atomic E-state index is -0.802. The molecule has 0 radical (unpaired) electrons. The highest BCUT2D eigenvalue weighted by molar-refractivity contribution is 6.04. The Morgan fingerprint density at radius 3 is 2.19 bits per heavy atom. The average molecular weight is 293 g/mol. The van der Waals surface area contributed by atoms with Crippen LogP contribution < -0.4 is 14.8 Å². The van der Waals surface area contributed by atoms with Gasteiger partial charge in [-0.05, 0) is 18.2 Å². The summed E-state index contributed by atoms with van der Waals surface area (Å²) >= 11 is 0. The Morgan fingerprint density at radius 1 is 1.00 bits per heavy atom. The highest BCUT2D eigenvalue weighted by Gasteiger charge is 2.14. The van der Waals surface area contributed by atoms with E-state index < -0.39 is 17.5 Å². The summed E-state index contributed by atoms with van der Waals surface area (Å²) in [4.78, 5) is 12.0. The fourth-order valence-electron chi connectivity index (χ4n) is 1.75. The number of rotatable bonds is 4. The lowest BCUT2D eigenvalue weighted by molar-refractivity contribution is 0.102. The lowest BCUT2D eigenvalue weighted by Crippen LogP contribution is -2.14. The number of amides is 1. The van der Waals surface area contributed by atoms with Crippen LogP contribution in [-0.2, 0) is 0 Å². The molecule has 0 aliphatic heterocycles. The number of anilines is 1. The van der Waals surface area contributed by atoms with Gasteiger partial charge in [0.15, 0.2) is 0 Å². The smallest absolute Gasteiger partial charge is 0.258 e. The van der Waals surface area contributed by atoms with Crippen LogP contribution in [0.2, 0.25) is 0 Å². The second-order valence-corrected chi connectivity index (χ2v) is 4.18. The van der Waals surface area contributed by atoms with Crippen LogP contribution in [0, 0.1) is 11.6 Å². The number of hydrogen-bond donors (Lipinski definition) is 1. The van der Waals surface area contributed by atoms with E-state index in [2.05, 4.69) is 5.32 Å². The topological polar surface area (TPSA) is 47.6 Å². The summed E-state index contributed by atoms with van der Waals surface area (Å²) < 4.78 is 36.8. The lowest BCUT2D eigenvalue weighted by Gasteiger charge is -2.10. The first kappa shape index (κ1) is 14.8. The van der Waals surface area contributed by atoms with Gasteiger partial charge >= 0.3 is 0 Å². The fraction of sp³-hybridized carbons (Fsp3) is 0.133. The summed E-state index contributed by atoms with van der Waals surface area (Å²) in [5, 5.41) is 2.47. The Kier molecular flexibility index (Phi) is 4.37. The van der Waals surface area contributed by atoms with Crippen LogP contribution in [0.3, 0.4) is 0 Å². The molecule has 4 nitrogen and oxygen atoms in total. The highest BCUT2D eigenvalue weighted by Crippen LogP contribution is 2.26.